The van der Waals surface area contributed by atoms with Crippen LogP contribution in [0.15, 0.2) is 42.2 Å². The number of phenolic OH excluding ortho intramolecular Hbond substituents is 1. The van der Waals surface area contributed by atoms with Gasteiger partial charge in [-0.05, 0) is 106 Å². The molecule has 0 aromatic heterocycles. The Balaban J connectivity index is 2.56. The van der Waals surface area contributed by atoms with Crippen LogP contribution in [0.25, 0.3) is 0 Å². The number of halogens is 4. The molecule has 0 aliphatic heterocycles. The first-order valence-electron chi connectivity index (χ1n) is 6.99. The molecule has 0 heterocycles. The minimum absolute atomic E-state index is 0.207. The predicted molar refractivity (Wildman–Crippen MR) is 109 cm³/mol. The Labute approximate surface area is 170 Å². The van der Waals surface area contributed by atoms with Crippen molar-refractivity contribution in [2.24, 2.45) is 0 Å². The summed E-state index contributed by atoms with van der Waals surface area (Å²) < 4.78 is 8.81. The van der Waals surface area contributed by atoms with Gasteiger partial charge in [0.1, 0.15) is 11.5 Å². The van der Waals surface area contributed by atoms with Crippen molar-refractivity contribution in [3.63, 3.8) is 0 Å². The third kappa shape index (κ3) is 3.97. The molecule has 2 aromatic rings. The van der Waals surface area contributed by atoms with Crippen LogP contribution >= 0.6 is 63.7 Å². The molecule has 6 heteroatoms. The van der Waals surface area contributed by atoms with Crippen LogP contribution in [0, 0.1) is 0 Å². The van der Waals surface area contributed by atoms with Gasteiger partial charge >= 0.3 is 0 Å². The molecule has 2 nitrogen and oxygen atoms in total. The van der Waals surface area contributed by atoms with Gasteiger partial charge in [0, 0.05) is 5.41 Å². The Morgan fingerprint density at radius 3 is 1.65 bits per heavy atom. The molecule has 0 aliphatic rings. The number of phenols is 1. The van der Waals surface area contributed by atoms with Crippen molar-refractivity contribution in [1.29, 1.82) is 0 Å². The maximum atomic E-state index is 9.93. The second kappa shape index (κ2) is 7.46. The summed E-state index contributed by atoms with van der Waals surface area (Å²) >= 11 is 14.0. The molecule has 0 spiro atoms. The molecule has 0 radical (unpaired) electrons. The van der Waals surface area contributed by atoms with Gasteiger partial charge in [0.15, 0.2) is 0 Å². The summed E-state index contributed by atoms with van der Waals surface area (Å²) in [5, 5.41) is 9.93. The number of hydrogen-bond donors (Lipinski definition) is 1. The van der Waals surface area contributed by atoms with Gasteiger partial charge in [0.2, 0.25) is 0 Å². The number of rotatable bonds is 4. The Bertz CT molecular complexity index is 695. The van der Waals surface area contributed by atoms with Crippen molar-refractivity contribution < 1.29 is 9.84 Å². The normalized spacial score (nSPS) is 11.6. The van der Waals surface area contributed by atoms with E-state index in [4.69, 9.17) is 4.74 Å². The van der Waals surface area contributed by atoms with Crippen LogP contribution in [-0.4, -0.2) is 11.7 Å². The van der Waals surface area contributed by atoms with Gasteiger partial charge in [-0.3, -0.25) is 0 Å². The molecular formula is C17H16Br4O2. The standard InChI is InChI=1S/C17H16Br4O2/c1-4-23-16-13(20)7-10(8-14(16)21)17(2,3)9-5-11(18)15(22)12(19)6-9/h5-8,22H,4H2,1-3H3. The zero-order valence-corrected chi connectivity index (χ0v) is 19.2. The van der Waals surface area contributed by atoms with E-state index in [2.05, 4.69) is 89.7 Å². The Morgan fingerprint density at radius 1 is 0.870 bits per heavy atom. The van der Waals surface area contributed by atoms with Gasteiger partial charge in [-0.1, -0.05) is 13.8 Å². The molecule has 0 bridgehead atoms. The predicted octanol–water partition coefficient (Wildman–Crippen LogP) is 7.17. The van der Waals surface area contributed by atoms with Crippen LogP contribution in [0.1, 0.15) is 31.9 Å². The summed E-state index contributed by atoms with van der Waals surface area (Å²) in [4.78, 5) is 0. The summed E-state index contributed by atoms with van der Waals surface area (Å²) in [6.07, 6.45) is 0. The van der Waals surface area contributed by atoms with E-state index in [9.17, 15) is 5.11 Å². The summed E-state index contributed by atoms with van der Waals surface area (Å²) in [6.45, 7) is 6.86. The summed E-state index contributed by atoms with van der Waals surface area (Å²) in [6, 6.07) is 8.03. The van der Waals surface area contributed by atoms with Crippen molar-refractivity contribution in [3.8, 4) is 11.5 Å². The average molecular weight is 572 g/mol. The fraction of sp³-hybridized carbons (Fsp3) is 0.294. The highest BCUT2D eigenvalue weighted by atomic mass is 79.9. The molecule has 124 valence electrons. The minimum atomic E-state index is -0.255. The minimum Gasteiger partial charge on any atom is -0.506 e. The largest absolute Gasteiger partial charge is 0.506 e. The monoisotopic (exact) mass is 568 g/mol. The molecule has 0 saturated heterocycles. The first kappa shape index (κ1) is 19.3. The van der Waals surface area contributed by atoms with Crippen LogP contribution in [0.3, 0.4) is 0 Å². The lowest BCUT2D eigenvalue weighted by atomic mass is 9.78. The number of hydrogen-bond acceptors (Lipinski definition) is 2. The van der Waals surface area contributed by atoms with Crippen LogP contribution in [-0.2, 0) is 5.41 Å². The van der Waals surface area contributed by atoms with Gasteiger partial charge in [-0.15, -0.1) is 0 Å². The topological polar surface area (TPSA) is 29.5 Å². The molecule has 23 heavy (non-hydrogen) atoms. The summed E-state index contributed by atoms with van der Waals surface area (Å²) in [7, 11) is 0. The molecule has 0 amide bonds. The highest BCUT2D eigenvalue weighted by Crippen LogP contribution is 2.43. The number of benzene rings is 2. The van der Waals surface area contributed by atoms with Crippen molar-refractivity contribution in [1.82, 2.24) is 0 Å². The van der Waals surface area contributed by atoms with E-state index in [0.717, 1.165) is 25.8 Å². The van der Waals surface area contributed by atoms with Gasteiger partial charge in [0.25, 0.3) is 0 Å². The molecular weight excluding hydrogens is 556 g/mol. The van der Waals surface area contributed by atoms with Crippen molar-refractivity contribution in [3.05, 3.63) is 53.3 Å². The fourth-order valence-electron chi connectivity index (χ4n) is 2.30. The van der Waals surface area contributed by atoms with Gasteiger partial charge in [0.05, 0.1) is 24.5 Å². The molecule has 0 fully saturated rings. The summed E-state index contributed by atoms with van der Waals surface area (Å²) in [5.74, 6) is 1.01. The lowest BCUT2D eigenvalue weighted by Crippen LogP contribution is -2.19. The molecule has 2 rings (SSSR count). The second-order valence-corrected chi connectivity index (χ2v) is 9.03. The average Bonchev–Trinajstić information content (AvgIpc) is 2.47. The van der Waals surface area contributed by atoms with E-state index < -0.39 is 0 Å². The second-order valence-electron chi connectivity index (χ2n) is 5.62. The van der Waals surface area contributed by atoms with E-state index in [1.54, 1.807) is 0 Å². The van der Waals surface area contributed by atoms with Gasteiger partial charge < -0.3 is 9.84 Å². The first-order chi connectivity index (χ1) is 10.7. The zero-order valence-electron chi connectivity index (χ0n) is 12.9. The molecule has 1 N–H and O–H groups in total. The van der Waals surface area contributed by atoms with Crippen LogP contribution < -0.4 is 4.74 Å². The zero-order chi connectivity index (χ0) is 17.4. The van der Waals surface area contributed by atoms with Crippen LogP contribution in [0.4, 0.5) is 0 Å². The third-order valence-electron chi connectivity index (χ3n) is 3.75. The maximum absolute atomic E-state index is 9.93. The lowest BCUT2D eigenvalue weighted by Gasteiger charge is -2.28. The van der Waals surface area contributed by atoms with Crippen molar-refractivity contribution in [2.75, 3.05) is 6.61 Å². The van der Waals surface area contributed by atoms with E-state index in [0.29, 0.717) is 15.6 Å². The fourth-order valence-corrected chi connectivity index (χ4v) is 4.90. The highest BCUT2D eigenvalue weighted by molar-refractivity contribution is 9.11. The SMILES string of the molecule is CCOc1c(Br)cc(C(C)(C)c2cc(Br)c(O)c(Br)c2)cc1Br. The van der Waals surface area contributed by atoms with Crippen molar-refractivity contribution >= 4 is 63.7 Å². The van der Waals surface area contributed by atoms with E-state index in [-0.39, 0.29) is 11.2 Å². The first-order valence-corrected chi connectivity index (χ1v) is 10.2. The molecule has 0 saturated carbocycles. The Morgan fingerprint density at radius 2 is 1.26 bits per heavy atom. The molecule has 0 unspecified atom stereocenters. The maximum Gasteiger partial charge on any atom is 0.147 e. The van der Waals surface area contributed by atoms with Crippen LogP contribution in [0.5, 0.6) is 11.5 Å². The van der Waals surface area contributed by atoms with Crippen molar-refractivity contribution in [2.45, 2.75) is 26.2 Å². The van der Waals surface area contributed by atoms with E-state index in [1.807, 2.05) is 19.1 Å². The Hall–Kier alpha value is -0.0400. The van der Waals surface area contributed by atoms with Gasteiger partial charge in [-0.25, -0.2) is 0 Å². The van der Waals surface area contributed by atoms with Crippen LogP contribution in [0.2, 0.25) is 0 Å². The lowest BCUT2D eigenvalue weighted by molar-refractivity contribution is 0.335. The molecule has 2 aromatic carbocycles. The third-order valence-corrected chi connectivity index (χ3v) is 6.13. The number of aromatic hydroxyl groups is 1. The van der Waals surface area contributed by atoms with E-state index >= 15 is 0 Å². The highest BCUT2D eigenvalue weighted by Gasteiger charge is 2.27. The summed E-state index contributed by atoms with van der Waals surface area (Å²) in [5.41, 5.74) is 1.95. The Kier molecular flexibility index (Phi) is 6.26. The number of ether oxygens (including phenoxy) is 1. The molecule has 0 atom stereocenters. The quantitative estimate of drug-likeness (QED) is 0.422. The van der Waals surface area contributed by atoms with E-state index in [1.165, 1.54) is 0 Å². The smallest absolute Gasteiger partial charge is 0.147 e. The molecule has 0 aliphatic carbocycles. The van der Waals surface area contributed by atoms with Gasteiger partial charge in [-0.2, -0.15) is 0 Å².